The van der Waals surface area contributed by atoms with Gasteiger partial charge in [0, 0.05) is 17.6 Å². The van der Waals surface area contributed by atoms with E-state index in [4.69, 9.17) is 12.2 Å². The maximum atomic E-state index is 5.01. The molecule has 0 unspecified atom stereocenters. The lowest BCUT2D eigenvalue weighted by molar-refractivity contribution is 1.06. The van der Waals surface area contributed by atoms with Gasteiger partial charge in [-0.05, 0) is 19.1 Å². The van der Waals surface area contributed by atoms with Crippen LogP contribution >= 0.6 is 23.6 Å². The average Bonchev–Trinajstić information content (AvgIpc) is 2.48. The number of aromatic nitrogens is 1. The van der Waals surface area contributed by atoms with E-state index >= 15 is 0 Å². The van der Waals surface area contributed by atoms with Gasteiger partial charge < -0.3 is 10.6 Å². The van der Waals surface area contributed by atoms with E-state index in [1.807, 2.05) is 13.1 Å². The fourth-order valence-electron chi connectivity index (χ4n) is 0.719. The molecule has 0 aromatic carbocycles. The number of thiocarbonyl (C=S) groups is 1. The van der Waals surface area contributed by atoms with Gasteiger partial charge in [-0.1, -0.05) is 6.08 Å². The Morgan fingerprint density at radius 3 is 3.15 bits per heavy atom. The molecule has 0 radical (unpaired) electrons. The Bertz CT molecular complexity index is 306. The van der Waals surface area contributed by atoms with Gasteiger partial charge in [0.1, 0.15) is 0 Å². The van der Waals surface area contributed by atoms with Crippen molar-refractivity contribution in [2.24, 2.45) is 0 Å². The molecule has 2 N–H and O–H groups in total. The molecule has 5 heteroatoms. The number of hydrogen-bond donors (Lipinski definition) is 2. The molecule has 0 atom stereocenters. The number of nitrogens with one attached hydrogen (secondary N) is 2. The summed E-state index contributed by atoms with van der Waals surface area (Å²) < 4.78 is 0. The number of aryl methyl sites for hydroxylation is 1. The first-order valence-corrected chi connectivity index (χ1v) is 5.03. The molecular weight excluding hydrogens is 202 g/mol. The Morgan fingerprint density at radius 1 is 1.85 bits per heavy atom. The van der Waals surface area contributed by atoms with Gasteiger partial charge >= 0.3 is 0 Å². The molecule has 70 valence electrons. The second-order valence-corrected chi connectivity index (χ2v) is 4.04. The highest BCUT2D eigenvalue weighted by molar-refractivity contribution is 7.80. The zero-order valence-electron chi connectivity index (χ0n) is 7.33. The van der Waals surface area contributed by atoms with Crippen LogP contribution in [0, 0.1) is 6.92 Å². The molecule has 0 fully saturated rings. The van der Waals surface area contributed by atoms with Crippen LogP contribution in [0.5, 0.6) is 0 Å². The summed E-state index contributed by atoms with van der Waals surface area (Å²) >= 11 is 6.58. The average molecular weight is 213 g/mol. The minimum absolute atomic E-state index is 0.578. The summed E-state index contributed by atoms with van der Waals surface area (Å²) in [6.45, 7) is 6.25. The first kappa shape index (κ1) is 10.1. The molecular formula is C8H11N3S2. The molecule has 0 saturated carbocycles. The van der Waals surface area contributed by atoms with Gasteiger partial charge in [-0.3, -0.25) is 0 Å². The molecule has 0 amide bonds. The van der Waals surface area contributed by atoms with Crippen LogP contribution in [0.15, 0.2) is 18.9 Å². The maximum Gasteiger partial charge on any atom is 0.189 e. The lowest BCUT2D eigenvalue weighted by Gasteiger charge is -2.04. The van der Waals surface area contributed by atoms with Crippen molar-refractivity contribution in [3.63, 3.8) is 0 Å². The minimum Gasteiger partial charge on any atom is -0.359 e. The monoisotopic (exact) mass is 213 g/mol. The van der Waals surface area contributed by atoms with Crippen LogP contribution in [0.4, 0.5) is 5.13 Å². The molecule has 0 aliphatic carbocycles. The Morgan fingerprint density at radius 2 is 2.62 bits per heavy atom. The molecule has 1 rings (SSSR count). The van der Waals surface area contributed by atoms with E-state index in [2.05, 4.69) is 22.2 Å². The van der Waals surface area contributed by atoms with Crippen molar-refractivity contribution >= 4 is 33.8 Å². The minimum atomic E-state index is 0.578. The van der Waals surface area contributed by atoms with E-state index in [0.29, 0.717) is 11.7 Å². The topological polar surface area (TPSA) is 37.0 Å². The van der Waals surface area contributed by atoms with Crippen molar-refractivity contribution in [1.29, 1.82) is 0 Å². The second-order valence-electron chi connectivity index (χ2n) is 2.40. The summed E-state index contributed by atoms with van der Waals surface area (Å²) in [4.78, 5) is 5.28. The Labute approximate surface area is 86.9 Å². The highest BCUT2D eigenvalue weighted by Gasteiger charge is 1.99. The third-order valence-corrected chi connectivity index (χ3v) is 2.32. The fourth-order valence-corrected chi connectivity index (χ4v) is 1.63. The van der Waals surface area contributed by atoms with Crippen molar-refractivity contribution < 1.29 is 0 Å². The molecule has 0 bridgehead atoms. The zero-order chi connectivity index (χ0) is 9.68. The molecule has 0 aliphatic heterocycles. The van der Waals surface area contributed by atoms with Gasteiger partial charge in [0.15, 0.2) is 10.2 Å². The molecule has 1 aromatic rings. The van der Waals surface area contributed by atoms with Crippen molar-refractivity contribution in [1.82, 2.24) is 10.3 Å². The number of hydrogen-bond acceptors (Lipinski definition) is 3. The van der Waals surface area contributed by atoms with Crippen LogP contribution in [0.25, 0.3) is 0 Å². The summed E-state index contributed by atoms with van der Waals surface area (Å²) in [5.41, 5.74) is 0. The van der Waals surface area contributed by atoms with Crippen LogP contribution < -0.4 is 10.6 Å². The standard InChI is InChI=1S/C8H11N3S2/c1-3-4-9-7(12)11-8-10-5-6(2)13-8/h3,5H,1,4H2,2H3,(H2,9,10,11,12). The highest BCUT2D eigenvalue weighted by Crippen LogP contribution is 2.15. The third-order valence-electron chi connectivity index (χ3n) is 1.25. The zero-order valence-corrected chi connectivity index (χ0v) is 8.97. The van der Waals surface area contributed by atoms with Gasteiger partial charge in [-0.15, -0.1) is 17.9 Å². The van der Waals surface area contributed by atoms with Crippen LogP contribution in [0.2, 0.25) is 0 Å². The molecule has 0 aliphatic rings. The maximum absolute atomic E-state index is 5.01. The van der Waals surface area contributed by atoms with Crippen molar-refractivity contribution in [3.8, 4) is 0 Å². The number of thiazole rings is 1. The van der Waals surface area contributed by atoms with Crippen LogP contribution in [-0.4, -0.2) is 16.6 Å². The van der Waals surface area contributed by atoms with Gasteiger partial charge in [-0.2, -0.15) is 0 Å². The fraction of sp³-hybridized carbons (Fsp3) is 0.250. The molecule has 1 aromatic heterocycles. The van der Waals surface area contributed by atoms with Crippen LogP contribution in [0.1, 0.15) is 4.88 Å². The van der Waals surface area contributed by atoms with E-state index < -0.39 is 0 Å². The number of nitrogens with zero attached hydrogens (tertiary/aromatic N) is 1. The Kier molecular flexibility index (Phi) is 3.85. The van der Waals surface area contributed by atoms with Crippen LogP contribution in [0.3, 0.4) is 0 Å². The molecule has 1 heterocycles. The van der Waals surface area contributed by atoms with Gasteiger partial charge in [0.2, 0.25) is 0 Å². The van der Waals surface area contributed by atoms with Crippen molar-refractivity contribution in [3.05, 3.63) is 23.7 Å². The summed E-state index contributed by atoms with van der Waals surface area (Å²) in [6.07, 6.45) is 3.56. The lowest BCUT2D eigenvalue weighted by Crippen LogP contribution is -2.28. The van der Waals surface area contributed by atoms with Gasteiger partial charge in [0.25, 0.3) is 0 Å². The predicted molar refractivity (Wildman–Crippen MR) is 61.3 cm³/mol. The number of anilines is 1. The Balaban J connectivity index is 2.40. The van der Waals surface area contributed by atoms with E-state index in [1.54, 1.807) is 17.4 Å². The Hall–Kier alpha value is -0.940. The lowest BCUT2D eigenvalue weighted by atomic mass is 10.6. The summed E-state index contributed by atoms with van der Waals surface area (Å²) in [5, 5.41) is 7.33. The first-order chi connectivity index (χ1) is 6.22. The van der Waals surface area contributed by atoms with E-state index in [0.717, 1.165) is 10.0 Å². The third kappa shape index (κ3) is 3.52. The smallest absolute Gasteiger partial charge is 0.189 e. The normalized spacial score (nSPS) is 9.31. The summed E-state index contributed by atoms with van der Waals surface area (Å²) in [7, 11) is 0. The van der Waals surface area contributed by atoms with Crippen molar-refractivity contribution in [2.75, 3.05) is 11.9 Å². The summed E-state index contributed by atoms with van der Waals surface area (Å²) in [5.74, 6) is 0. The molecule has 0 spiro atoms. The van der Waals surface area contributed by atoms with Crippen molar-refractivity contribution in [2.45, 2.75) is 6.92 Å². The second kappa shape index (κ2) is 4.94. The van der Waals surface area contributed by atoms with Crippen LogP contribution in [-0.2, 0) is 0 Å². The largest absolute Gasteiger partial charge is 0.359 e. The first-order valence-electron chi connectivity index (χ1n) is 3.80. The van der Waals surface area contributed by atoms with E-state index in [1.165, 1.54) is 0 Å². The van der Waals surface area contributed by atoms with E-state index in [9.17, 15) is 0 Å². The van der Waals surface area contributed by atoms with Gasteiger partial charge in [0.05, 0.1) is 0 Å². The summed E-state index contributed by atoms with van der Waals surface area (Å²) in [6, 6.07) is 0. The quantitative estimate of drug-likeness (QED) is 0.594. The highest BCUT2D eigenvalue weighted by atomic mass is 32.1. The predicted octanol–water partition coefficient (Wildman–Crippen LogP) is 1.92. The SMILES string of the molecule is C=CCNC(=S)Nc1ncc(C)s1. The molecule has 13 heavy (non-hydrogen) atoms. The number of rotatable bonds is 3. The van der Waals surface area contributed by atoms with Gasteiger partial charge in [-0.25, -0.2) is 4.98 Å². The van der Waals surface area contributed by atoms with E-state index in [-0.39, 0.29) is 0 Å². The molecule has 3 nitrogen and oxygen atoms in total. The molecule has 0 saturated heterocycles.